The third-order valence-electron chi connectivity index (χ3n) is 6.19. The van der Waals surface area contributed by atoms with Crippen molar-refractivity contribution in [1.29, 1.82) is 0 Å². The fourth-order valence-electron chi connectivity index (χ4n) is 4.51. The van der Waals surface area contributed by atoms with E-state index in [2.05, 4.69) is 0 Å². The van der Waals surface area contributed by atoms with Gasteiger partial charge in [-0.2, -0.15) is 13.2 Å². The zero-order valence-corrected chi connectivity index (χ0v) is 21.1. The number of aromatic hydroxyl groups is 1. The van der Waals surface area contributed by atoms with Crippen molar-refractivity contribution in [2.75, 3.05) is 32.8 Å². The first kappa shape index (κ1) is 27.8. The topological polar surface area (TPSA) is 97.8 Å². The second kappa shape index (κ2) is 11.1. The summed E-state index contributed by atoms with van der Waals surface area (Å²) in [6.07, 6.45) is -6.19. The normalized spacial score (nSPS) is 17.0. The van der Waals surface area contributed by atoms with E-state index in [0.717, 1.165) is 30.2 Å². The van der Waals surface area contributed by atoms with Gasteiger partial charge in [-0.05, 0) is 38.5 Å². The summed E-state index contributed by atoms with van der Waals surface area (Å²) in [6.45, 7) is 2.89. The van der Waals surface area contributed by atoms with Crippen LogP contribution in [0.2, 0.25) is 0 Å². The van der Waals surface area contributed by atoms with Gasteiger partial charge in [-0.1, -0.05) is 6.07 Å². The number of phenolic OH excluding ortho intramolecular Hbond substituents is 1. The Hall–Kier alpha value is -3.83. The molecule has 0 saturated heterocycles. The zero-order chi connectivity index (χ0) is 27.5. The van der Waals surface area contributed by atoms with Crippen molar-refractivity contribution < 1.29 is 46.8 Å². The van der Waals surface area contributed by atoms with Gasteiger partial charge in [0.15, 0.2) is 11.5 Å². The molecule has 0 aromatic heterocycles. The van der Waals surface area contributed by atoms with E-state index in [1.54, 1.807) is 26.0 Å². The number of alkyl halides is 3. The lowest BCUT2D eigenvalue weighted by atomic mass is 9.89. The molecule has 0 spiro atoms. The molecule has 1 N–H and O–H groups in total. The Labute approximate surface area is 212 Å². The number of carbonyl (C=O) groups is 2. The number of hydrogen-bond acceptors (Lipinski definition) is 7. The van der Waals surface area contributed by atoms with E-state index in [1.165, 1.54) is 19.1 Å². The van der Waals surface area contributed by atoms with Crippen LogP contribution in [0.5, 0.6) is 17.2 Å². The number of phenols is 1. The lowest BCUT2D eigenvalue weighted by molar-refractivity contribution is -0.138. The zero-order valence-electron chi connectivity index (χ0n) is 21.1. The number of hydrogen-bond donors (Lipinski definition) is 1. The number of benzene rings is 2. The predicted molar refractivity (Wildman–Crippen MR) is 127 cm³/mol. The molecule has 2 aromatic carbocycles. The molecule has 0 saturated carbocycles. The van der Waals surface area contributed by atoms with E-state index < -0.39 is 53.9 Å². The van der Waals surface area contributed by atoms with Crippen molar-refractivity contribution in [1.82, 2.24) is 4.90 Å². The molecule has 202 valence electrons. The molecule has 1 aliphatic heterocycles. The summed E-state index contributed by atoms with van der Waals surface area (Å²) in [5, 5.41) is 10.3. The average Bonchev–Trinajstić information content (AvgIpc) is 2.85. The molecule has 1 heterocycles. The average molecular weight is 527 g/mol. The maximum atomic E-state index is 13.8. The largest absolute Gasteiger partial charge is 0.508 e. The van der Waals surface area contributed by atoms with E-state index in [-0.39, 0.29) is 18.8 Å². The maximum Gasteiger partial charge on any atom is 0.416 e. The SMILES string of the molecule is CCOC(=O)N1c2cc(OC)c(OC)cc2C(N(Cc2c(O)cccc2C(F)(F)F)C(=O)OC)C[C@H]1C. The number of nitrogens with zero attached hydrogens (tertiary/aromatic N) is 2. The van der Waals surface area contributed by atoms with E-state index in [0.29, 0.717) is 17.0 Å². The van der Waals surface area contributed by atoms with Crippen molar-refractivity contribution in [2.45, 2.75) is 45.1 Å². The number of rotatable bonds is 6. The van der Waals surface area contributed by atoms with Crippen LogP contribution >= 0.6 is 0 Å². The molecule has 0 radical (unpaired) electrons. The number of ether oxygens (including phenoxy) is 4. The Morgan fingerprint density at radius 2 is 1.78 bits per heavy atom. The Bertz CT molecular complexity index is 1160. The van der Waals surface area contributed by atoms with E-state index in [4.69, 9.17) is 18.9 Å². The van der Waals surface area contributed by atoms with Crippen LogP contribution < -0.4 is 14.4 Å². The summed E-state index contributed by atoms with van der Waals surface area (Å²) in [5.74, 6) is -0.0330. The van der Waals surface area contributed by atoms with Crippen LogP contribution in [0.3, 0.4) is 0 Å². The number of anilines is 1. The van der Waals surface area contributed by atoms with Crippen LogP contribution in [0.1, 0.15) is 43.0 Å². The highest BCUT2D eigenvalue weighted by Crippen LogP contribution is 2.47. The molecule has 0 fully saturated rings. The molecule has 1 aliphatic rings. The standard InChI is InChI=1S/C25H29F3N2O7/c1-6-37-24(33)30-14(2)10-18(15-11-21(34-3)22(35-4)12-19(15)30)29(23(32)36-5)13-16-17(25(26,27)28)8-7-9-20(16)31/h7-9,11-12,14,18,31H,6,10,13H2,1-5H3/t14-,18?/m1/s1. The van der Waals surface area contributed by atoms with Gasteiger partial charge in [-0.15, -0.1) is 0 Å². The number of fused-ring (bicyclic) bond motifs is 1. The Morgan fingerprint density at radius 1 is 1.14 bits per heavy atom. The minimum atomic E-state index is -4.77. The highest BCUT2D eigenvalue weighted by molar-refractivity contribution is 5.91. The lowest BCUT2D eigenvalue weighted by Gasteiger charge is -2.42. The third-order valence-corrected chi connectivity index (χ3v) is 6.19. The maximum absolute atomic E-state index is 13.8. The highest BCUT2D eigenvalue weighted by atomic mass is 19.4. The summed E-state index contributed by atoms with van der Waals surface area (Å²) in [5.41, 5.74) is -0.825. The van der Waals surface area contributed by atoms with Gasteiger partial charge < -0.3 is 24.1 Å². The molecule has 12 heteroatoms. The molecule has 2 atom stereocenters. The van der Waals surface area contributed by atoms with Crippen LogP contribution in [0.15, 0.2) is 30.3 Å². The molecule has 9 nitrogen and oxygen atoms in total. The van der Waals surface area contributed by atoms with Gasteiger partial charge in [-0.3, -0.25) is 9.80 Å². The highest BCUT2D eigenvalue weighted by Gasteiger charge is 2.42. The summed E-state index contributed by atoms with van der Waals surface area (Å²) in [4.78, 5) is 28.3. The van der Waals surface area contributed by atoms with E-state index >= 15 is 0 Å². The molecule has 3 rings (SSSR count). The van der Waals surface area contributed by atoms with Crippen molar-refractivity contribution >= 4 is 17.9 Å². The monoisotopic (exact) mass is 526 g/mol. The summed E-state index contributed by atoms with van der Waals surface area (Å²) in [7, 11) is 3.93. The van der Waals surface area contributed by atoms with Gasteiger partial charge in [0.25, 0.3) is 0 Å². The molecule has 2 amide bonds. The number of amides is 2. The van der Waals surface area contributed by atoms with Gasteiger partial charge in [0.1, 0.15) is 5.75 Å². The fourth-order valence-corrected chi connectivity index (χ4v) is 4.51. The first-order valence-electron chi connectivity index (χ1n) is 11.4. The van der Waals surface area contributed by atoms with Crippen LogP contribution in [-0.4, -0.2) is 56.2 Å². The van der Waals surface area contributed by atoms with Crippen molar-refractivity contribution in [3.05, 3.63) is 47.0 Å². The molecule has 2 aromatic rings. The van der Waals surface area contributed by atoms with Gasteiger partial charge in [0, 0.05) is 23.2 Å². The van der Waals surface area contributed by atoms with Crippen molar-refractivity contribution in [3.8, 4) is 17.2 Å². The van der Waals surface area contributed by atoms with Crippen molar-refractivity contribution in [2.24, 2.45) is 0 Å². The van der Waals surface area contributed by atoms with Crippen LogP contribution in [0.4, 0.5) is 28.4 Å². The van der Waals surface area contributed by atoms with Crippen LogP contribution in [0.25, 0.3) is 0 Å². The minimum Gasteiger partial charge on any atom is -0.508 e. The number of methoxy groups -OCH3 is 3. The summed E-state index contributed by atoms with van der Waals surface area (Å²) >= 11 is 0. The minimum absolute atomic E-state index is 0.121. The molecule has 0 aliphatic carbocycles. The van der Waals surface area contributed by atoms with Gasteiger partial charge in [0.05, 0.1) is 51.8 Å². The van der Waals surface area contributed by atoms with E-state index in [9.17, 15) is 27.9 Å². The summed E-state index contributed by atoms with van der Waals surface area (Å²) in [6, 6.07) is 4.74. The third kappa shape index (κ3) is 5.47. The predicted octanol–water partition coefficient (Wildman–Crippen LogP) is 5.49. The van der Waals surface area contributed by atoms with Gasteiger partial charge in [0.2, 0.25) is 0 Å². The second-order valence-electron chi connectivity index (χ2n) is 8.33. The first-order valence-corrected chi connectivity index (χ1v) is 11.4. The van der Waals surface area contributed by atoms with Crippen LogP contribution in [-0.2, 0) is 22.2 Å². The Balaban J connectivity index is 2.21. The Morgan fingerprint density at radius 3 is 2.35 bits per heavy atom. The van der Waals surface area contributed by atoms with Crippen LogP contribution in [0, 0.1) is 0 Å². The Kier molecular flexibility index (Phi) is 8.29. The van der Waals surface area contributed by atoms with Gasteiger partial charge >= 0.3 is 18.4 Å². The second-order valence-corrected chi connectivity index (χ2v) is 8.33. The summed E-state index contributed by atoms with van der Waals surface area (Å²) < 4.78 is 62.2. The smallest absolute Gasteiger partial charge is 0.416 e. The first-order chi connectivity index (χ1) is 17.5. The molecular formula is C25H29F3N2O7. The number of halogens is 3. The van der Waals surface area contributed by atoms with Crippen molar-refractivity contribution in [3.63, 3.8) is 0 Å². The van der Waals surface area contributed by atoms with E-state index in [1.807, 2.05) is 0 Å². The van der Waals surface area contributed by atoms with Gasteiger partial charge in [-0.25, -0.2) is 9.59 Å². The molecular weight excluding hydrogens is 497 g/mol. The number of carbonyl (C=O) groups excluding carboxylic acids is 2. The molecule has 1 unspecified atom stereocenters. The molecule has 0 bridgehead atoms. The fraction of sp³-hybridized carbons (Fsp3) is 0.440. The lowest BCUT2D eigenvalue weighted by Crippen LogP contribution is -2.47. The molecule has 37 heavy (non-hydrogen) atoms. The quantitative estimate of drug-likeness (QED) is 0.531.